The summed E-state index contributed by atoms with van der Waals surface area (Å²) in [4.78, 5) is 31.7. The molecule has 1 fully saturated rings. The van der Waals surface area contributed by atoms with E-state index in [0.717, 1.165) is 0 Å². The first-order valence-electron chi connectivity index (χ1n) is 6.66. The molecule has 0 spiro atoms. The molecule has 0 saturated carbocycles. The van der Waals surface area contributed by atoms with Gasteiger partial charge in [0.2, 0.25) is 0 Å². The average Bonchev–Trinajstić information content (AvgIpc) is 2.88. The molecule has 1 amide bonds. The molecule has 2 N–H and O–H groups in total. The highest BCUT2D eigenvalue weighted by atomic mass is 32.2. The van der Waals surface area contributed by atoms with E-state index in [-0.39, 0.29) is 11.5 Å². The first-order valence-corrected chi connectivity index (χ1v) is 7.47. The van der Waals surface area contributed by atoms with Crippen LogP contribution in [-0.4, -0.2) is 27.1 Å². The van der Waals surface area contributed by atoms with E-state index in [9.17, 15) is 9.59 Å². The summed E-state index contributed by atoms with van der Waals surface area (Å²) in [5.41, 5.74) is 1.45. The second kappa shape index (κ2) is 6.45. The van der Waals surface area contributed by atoms with Gasteiger partial charge in [-0.25, -0.2) is 9.79 Å². The minimum atomic E-state index is -0.992. The molecule has 0 atom stereocenters. The molecule has 2 aromatic rings. The van der Waals surface area contributed by atoms with Gasteiger partial charge in [-0.3, -0.25) is 9.78 Å². The van der Waals surface area contributed by atoms with Crippen LogP contribution in [0.1, 0.15) is 16.1 Å². The maximum Gasteiger partial charge on any atom is 0.335 e. The molecule has 0 unspecified atom stereocenters. The molecular weight excluding hydrogens is 314 g/mol. The maximum absolute atomic E-state index is 11.9. The number of amides is 1. The molecule has 114 valence electrons. The summed E-state index contributed by atoms with van der Waals surface area (Å²) in [6, 6.07) is 11.6. The van der Waals surface area contributed by atoms with E-state index in [1.165, 1.54) is 23.9 Å². The normalized spacial score (nSPS) is 17.5. The van der Waals surface area contributed by atoms with Crippen LogP contribution < -0.4 is 5.32 Å². The van der Waals surface area contributed by atoms with E-state index in [4.69, 9.17) is 5.11 Å². The molecule has 1 aromatic carbocycles. The number of carbonyl (C=O) groups excluding carboxylic acids is 1. The quantitative estimate of drug-likeness (QED) is 0.847. The zero-order chi connectivity index (χ0) is 16.2. The number of pyridine rings is 1. The molecule has 0 aliphatic carbocycles. The number of aromatic nitrogens is 1. The van der Waals surface area contributed by atoms with Crippen LogP contribution in [-0.2, 0) is 4.79 Å². The number of amidine groups is 1. The number of aliphatic imine (C=N–C) groups is 1. The van der Waals surface area contributed by atoms with Gasteiger partial charge in [0.25, 0.3) is 5.91 Å². The molecule has 3 rings (SSSR count). The number of benzene rings is 1. The van der Waals surface area contributed by atoms with E-state index < -0.39 is 5.97 Å². The van der Waals surface area contributed by atoms with Crippen molar-refractivity contribution in [2.75, 3.05) is 0 Å². The fourth-order valence-electron chi connectivity index (χ4n) is 1.87. The van der Waals surface area contributed by atoms with Crippen LogP contribution in [0.2, 0.25) is 0 Å². The number of nitrogens with one attached hydrogen (secondary N) is 1. The Kier molecular flexibility index (Phi) is 4.20. The Morgan fingerprint density at radius 3 is 2.65 bits per heavy atom. The molecule has 1 aliphatic rings. The summed E-state index contributed by atoms with van der Waals surface area (Å²) in [5, 5.41) is 12.0. The van der Waals surface area contributed by atoms with E-state index in [2.05, 4.69) is 15.3 Å². The van der Waals surface area contributed by atoms with Crippen molar-refractivity contribution >= 4 is 40.6 Å². The van der Waals surface area contributed by atoms with Gasteiger partial charge in [-0.15, -0.1) is 0 Å². The summed E-state index contributed by atoms with van der Waals surface area (Å²) in [5.74, 6) is -1.23. The van der Waals surface area contributed by atoms with Crippen LogP contribution in [0.15, 0.2) is 58.6 Å². The number of hydrogen-bond donors (Lipinski definition) is 2. The van der Waals surface area contributed by atoms with Gasteiger partial charge in [0.05, 0.1) is 21.8 Å². The van der Waals surface area contributed by atoms with E-state index in [0.29, 0.717) is 21.5 Å². The van der Waals surface area contributed by atoms with Crippen molar-refractivity contribution in [3.05, 3.63) is 64.8 Å². The molecule has 1 aliphatic heterocycles. The third-order valence-corrected chi connectivity index (χ3v) is 3.87. The fourth-order valence-corrected chi connectivity index (χ4v) is 2.70. The van der Waals surface area contributed by atoms with Crippen LogP contribution in [0.4, 0.5) is 5.69 Å². The van der Waals surface area contributed by atoms with Crippen molar-refractivity contribution in [3.8, 4) is 0 Å². The van der Waals surface area contributed by atoms with Crippen molar-refractivity contribution in [3.63, 3.8) is 0 Å². The van der Waals surface area contributed by atoms with Gasteiger partial charge in [-0.2, -0.15) is 0 Å². The number of carboxylic acids is 1. The highest BCUT2D eigenvalue weighted by molar-refractivity contribution is 8.18. The molecule has 7 heteroatoms. The Bertz CT molecular complexity index is 814. The van der Waals surface area contributed by atoms with Gasteiger partial charge < -0.3 is 10.4 Å². The van der Waals surface area contributed by atoms with Crippen molar-refractivity contribution in [2.24, 2.45) is 4.99 Å². The summed E-state index contributed by atoms with van der Waals surface area (Å²) in [6.07, 6.45) is 3.35. The summed E-state index contributed by atoms with van der Waals surface area (Å²) < 4.78 is 0. The summed E-state index contributed by atoms with van der Waals surface area (Å²) >= 11 is 1.21. The highest BCUT2D eigenvalue weighted by Crippen LogP contribution is 2.27. The second-order valence-electron chi connectivity index (χ2n) is 4.59. The first-order chi connectivity index (χ1) is 11.1. The molecule has 1 saturated heterocycles. The number of carbonyl (C=O) groups is 2. The Hall–Kier alpha value is -2.93. The Balaban J connectivity index is 1.79. The lowest BCUT2D eigenvalue weighted by Gasteiger charge is -1.97. The number of aromatic carboxylic acids is 1. The lowest BCUT2D eigenvalue weighted by molar-refractivity contribution is -0.115. The van der Waals surface area contributed by atoms with Crippen molar-refractivity contribution in [1.82, 2.24) is 10.3 Å². The fraction of sp³-hybridized carbons (Fsp3) is 0. The Morgan fingerprint density at radius 1 is 1.22 bits per heavy atom. The minimum Gasteiger partial charge on any atom is -0.478 e. The largest absolute Gasteiger partial charge is 0.478 e. The summed E-state index contributed by atoms with van der Waals surface area (Å²) in [7, 11) is 0. The number of thioether (sulfide) groups is 1. The maximum atomic E-state index is 11.9. The number of nitrogens with zero attached hydrogens (tertiary/aromatic N) is 2. The van der Waals surface area contributed by atoms with Gasteiger partial charge >= 0.3 is 5.97 Å². The number of hydrogen-bond acceptors (Lipinski definition) is 5. The lowest BCUT2D eigenvalue weighted by atomic mass is 10.2. The molecule has 2 heterocycles. The van der Waals surface area contributed by atoms with Crippen LogP contribution in [0.3, 0.4) is 0 Å². The number of rotatable bonds is 3. The van der Waals surface area contributed by atoms with Crippen LogP contribution in [0.25, 0.3) is 6.08 Å². The zero-order valence-electron chi connectivity index (χ0n) is 11.8. The van der Waals surface area contributed by atoms with Gasteiger partial charge in [0, 0.05) is 6.20 Å². The molecular formula is C16H11N3O3S. The topological polar surface area (TPSA) is 91.7 Å². The predicted octanol–water partition coefficient (Wildman–Crippen LogP) is 2.67. The average molecular weight is 325 g/mol. The predicted molar refractivity (Wildman–Crippen MR) is 88.4 cm³/mol. The van der Waals surface area contributed by atoms with Crippen LogP contribution in [0.5, 0.6) is 0 Å². The van der Waals surface area contributed by atoms with Crippen molar-refractivity contribution < 1.29 is 14.7 Å². The highest BCUT2D eigenvalue weighted by Gasteiger charge is 2.23. The van der Waals surface area contributed by atoms with Gasteiger partial charge in [-0.1, -0.05) is 6.07 Å². The molecule has 23 heavy (non-hydrogen) atoms. The number of carboxylic acid groups (broad SMARTS) is 1. The minimum absolute atomic E-state index is 0.188. The zero-order valence-corrected chi connectivity index (χ0v) is 12.6. The Labute approximate surface area is 136 Å². The van der Waals surface area contributed by atoms with Gasteiger partial charge in [-0.05, 0) is 54.2 Å². The van der Waals surface area contributed by atoms with Crippen molar-refractivity contribution in [1.29, 1.82) is 0 Å². The lowest BCUT2D eigenvalue weighted by Crippen LogP contribution is -2.19. The van der Waals surface area contributed by atoms with Crippen LogP contribution in [0, 0.1) is 0 Å². The molecule has 0 radical (unpaired) electrons. The van der Waals surface area contributed by atoms with E-state index >= 15 is 0 Å². The summed E-state index contributed by atoms with van der Waals surface area (Å²) in [6.45, 7) is 0. The third-order valence-electron chi connectivity index (χ3n) is 2.96. The smallest absolute Gasteiger partial charge is 0.335 e. The molecule has 1 aromatic heterocycles. The molecule has 6 nitrogen and oxygen atoms in total. The monoisotopic (exact) mass is 325 g/mol. The standard InChI is InChI=1S/C16H11N3O3S/c20-14-13(9-12-3-1-2-8-17-12)23-16(19-14)18-11-6-4-10(5-7-11)15(21)22/h1-9H,(H,21,22)(H,18,19,20)/b13-9-. The second-order valence-corrected chi connectivity index (χ2v) is 5.62. The van der Waals surface area contributed by atoms with Crippen LogP contribution >= 0.6 is 11.8 Å². The van der Waals surface area contributed by atoms with Gasteiger partial charge in [0.15, 0.2) is 5.17 Å². The third kappa shape index (κ3) is 3.64. The first kappa shape index (κ1) is 15.0. The van der Waals surface area contributed by atoms with E-state index in [1.807, 2.05) is 6.07 Å². The molecule has 0 bridgehead atoms. The van der Waals surface area contributed by atoms with Crippen molar-refractivity contribution in [2.45, 2.75) is 0 Å². The van der Waals surface area contributed by atoms with Gasteiger partial charge in [0.1, 0.15) is 0 Å². The Morgan fingerprint density at radius 2 is 2.00 bits per heavy atom. The van der Waals surface area contributed by atoms with E-state index in [1.54, 1.807) is 36.5 Å². The SMILES string of the molecule is O=C1NC(=Nc2ccc(C(=O)O)cc2)S/C1=C\c1ccccn1.